The van der Waals surface area contributed by atoms with Crippen LogP contribution in [0.4, 0.5) is 0 Å². The van der Waals surface area contributed by atoms with E-state index in [4.69, 9.17) is 9.97 Å². The fourth-order valence-electron chi connectivity index (χ4n) is 6.24. The molecule has 0 radical (unpaired) electrons. The molecule has 0 fully saturated rings. The van der Waals surface area contributed by atoms with E-state index in [1.165, 1.54) is 32.7 Å². The van der Waals surface area contributed by atoms with E-state index in [0.29, 0.717) is 11.9 Å². The minimum atomic E-state index is 0.566. The van der Waals surface area contributed by atoms with Gasteiger partial charge in [0, 0.05) is 21.7 Å². The van der Waals surface area contributed by atoms with Gasteiger partial charge in [0.1, 0.15) is 0 Å². The SMILES string of the molecule is CC1C=CC=C(c2ccc(-c3nc(-n4c5ccccc5c5c6ccccc6ccc54)nc4ccccc34)cc2)C1. The fourth-order valence-corrected chi connectivity index (χ4v) is 6.24. The first-order valence-electron chi connectivity index (χ1n) is 13.9. The smallest absolute Gasteiger partial charge is 0.235 e. The van der Waals surface area contributed by atoms with Crippen LogP contribution in [0.25, 0.3) is 66.3 Å². The Hall–Kier alpha value is -5.02. The van der Waals surface area contributed by atoms with E-state index in [2.05, 4.69) is 139 Å². The molecule has 8 rings (SSSR count). The highest BCUT2D eigenvalue weighted by atomic mass is 15.2. The van der Waals surface area contributed by atoms with Crippen molar-refractivity contribution in [3.8, 4) is 17.2 Å². The average Bonchev–Trinajstić information content (AvgIpc) is 3.35. The molecule has 5 aromatic carbocycles. The zero-order valence-electron chi connectivity index (χ0n) is 22.3. The lowest BCUT2D eigenvalue weighted by atomic mass is 9.90. The quantitative estimate of drug-likeness (QED) is 0.235. The third-order valence-electron chi connectivity index (χ3n) is 8.16. The molecule has 1 aliphatic rings. The first-order valence-corrected chi connectivity index (χ1v) is 13.9. The van der Waals surface area contributed by atoms with E-state index in [1.807, 2.05) is 0 Å². The summed E-state index contributed by atoms with van der Waals surface area (Å²) in [4.78, 5) is 10.4. The normalized spacial score (nSPS) is 15.3. The number of benzene rings is 5. The second-order valence-corrected chi connectivity index (χ2v) is 10.8. The molecule has 1 unspecified atom stereocenters. The van der Waals surface area contributed by atoms with Crippen LogP contribution >= 0.6 is 0 Å². The van der Waals surface area contributed by atoms with E-state index in [-0.39, 0.29) is 0 Å². The molecule has 40 heavy (non-hydrogen) atoms. The van der Waals surface area contributed by atoms with Crippen molar-refractivity contribution in [2.45, 2.75) is 13.3 Å². The molecule has 190 valence electrons. The molecule has 3 heteroatoms. The maximum atomic E-state index is 5.27. The summed E-state index contributed by atoms with van der Waals surface area (Å²) < 4.78 is 2.22. The predicted molar refractivity (Wildman–Crippen MR) is 168 cm³/mol. The summed E-state index contributed by atoms with van der Waals surface area (Å²) in [7, 11) is 0. The second kappa shape index (κ2) is 9.03. The minimum Gasteiger partial charge on any atom is -0.278 e. The number of allylic oxidation sites excluding steroid dienone is 4. The van der Waals surface area contributed by atoms with Crippen LogP contribution in [0.5, 0.6) is 0 Å². The monoisotopic (exact) mass is 513 g/mol. The Labute approximate surface area is 232 Å². The van der Waals surface area contributed by atoms with Crippen LogP contribution in [0.3, 0.4) is 0 Å². The van der Waals surface area contributed by atoms with Gasteiger partial charge in [-0.3, -0.25) is 4.57 Å². The summed E-state index contributed by atoms with van der Waals surface area (Å²) in [5.41, 5.74) is 7.85. The standard InChI is InChI=1S/C37H27N3/c1-24-9-8-11-28(23-24)25-17-19-27(20-18-25)36-30-13-4-6-15-32(30)38-37(39-36)40-33-16-7-5-14-31(33)35-29-12-3-2-10-26(29)21-22-34(35)40/h2-22,24H,23H2,1H3. The fraction of sp³-hybridized carbons (Fsp3) is 0.0811. The van der Waals surface area contributed by atoms with Crippen molar-refractivity contribution >= 4 is 49.1 Å². The molecular weight excluding hydrogens is 486 g/mol. The number of rotatable bonds is 3. The second-order valence-electron chi connectivity index (χ2n) is 10.8. The number of nitrogens with zero attached hydrogens (tertiary/aromatic N) is 3. The summed E-state index contributed by atoms with van der Waals surface area (Å²) in [6.45, 7) is 2.27. The van der Waals surface area contributed by atoms with Crippen molar-refractivity contribution in [1.82, 2.24) is 14.5 Å². The van der Waals surface area contributed by atoms with E-state index >= 15 is 0 Å². The van der Waals surface area contributed by atoms with Crippen molar-refractivity contribution in [3.63, 3.8) is 0 Å². The number of para-hydroxylation sites is 2. The van der Waals surface area contributed by atoms with Gasteiger partial charge in [0.2, 0.25) is 5.95 Å². The molecule has 1 atom stereocenters. The van der Waals surface area contributed by atoms with Gasteiger partial charge in [0.25, 0.3) is 0 Å². The summed E-state index contributed by atoms with van der Waals surface area (Å²) in [6.07, 6.45) is 7.75. The molecular formula is C37H27N3. The first-order chi connectivity index (χ1) is 19.7. The van der Waals surface area contributed by atoms with Gasteiger partial charge in [-0.05, 0) is 52.4 Å². The molecule has 0 amide bonds. The van der Waals surface area contributed by atoms with Crippen LogP contribution < -0.4 is 0 Å². The molecule has 0 spiro atoms. The molecule has 0 saturated heterocycles. The van der Waals surface area contributed by atoms with Gasteiger partial charge >= 0.3 is 0 Å². The van der Waals surface area contributed by atoms with Gasteiger partial charge in [0.05, 0.1) is 22.2 Å². The van der Waals surface area contributed by atoms with E-state index in [1.54, 1.807) is 0 Å². The maximum absolute atomic E-state index is 5.27. The third-order valence-corrected chi connectivity index (χ3v) is 8.16. The average molecular weight is 514 g/mol. The van der Waals surface area contributed by atoms with Crippen molar-refractivity contribution < 1.29 is 0 Å². The molecule has 1 aliphatic carbocycles. The van der Waals surface area contributed by atoms with Crippen molar-refractivity contribution in [1.29, 1.82) is 0 Å². The minimum absolute atomic E-state index is 0.566. The van der Waals surface area contributed by atoms with Crippen LogP contribution in [0.1, 0.15) is 18.9 Å². The Morgan fingerprint density at radius 3 is 2.23 bits per heavy atom. The van der Waals surface area contributed by atoms with Gasteiger partial charge in [0.15, 0.2) is 0 Å². The van der Waals surface area contributed by atoms with Gasteiger partial charge in [-0.1, -0.05) is 116 Å². The predicted octanol–water partition coefficient (Wildman–Crippen LogP) is 9.53. The molecule has 0 saturated carbocycles. The van der Waals surface area contributed by atoms with Crippen LogP contribution in [-0.2, 0) is 0 Å². The number of hydrogen-bond donors (Lipinski definition) is 0. The third kappa shape index (κ3) is 3.59. The van der Waals surface area contributed by atoms with Gasteiger partial charge in [-0.15, -0.1) is 0 Å². The number of aromatic nitrogens is 3. The maximum Gasteiger partial charge on any atom is 0.235 e. The topological polar surface area (TPSA) is 30.7 Å². The lowest BCUT2D eigenvalue weighted by Gasteiger charge is -2.15. The summed E-state index contributed by atoms with van der Waals surface area (Å²) >= 11 is 0. The Morgan fingerprint density at radius 1 is 0.650 bits per heavy atom. The zero-order chi connectivity index (χ0) is 26.6. The first kappa shape index (κ1) is 22.9. The van der Waals surface area contributed by atoms with Crippen LogP contribution in [0, 0.1) is 5.92 Å². The lowest BCUT2D eigenvalue weighted by Crippen LogP contribution is -2.03. The Bertz CT molecular complexity index is 2150. The summed E-state index contributed by atoms with van der Waals surface area (Å²) in [6, 6.07) is 38.8. The summed E-state index contributed by atoms with van der Waals surface area (Å²) in [5, 5.41) is 5.98. The Kier molecular flexibility index (Phi) is 5.17. The van der Waals surface area contributed by atoms with Gasteiger partial charge in [-0.25, -0.2) is 9.97 Å². The molecule has 0 N–H and O–H groups in total. The van der Waals surface area contributed by atoms with E-state index < -0.39 is 0 Å². The van der Waals surface area contributed by atoms with Crippen LogP contribution in [0.2, 0.25) is 0 Å². The Morgan fingerprint density at radius 2 is 1.38 bits per heavy atom. The van der Waals surface area contributed by atoms with Crippen molar-refractivity contribution in [2.24, 2.45) is 5.92 Å². The lowest BCUT2D eigenvalue weighted by molar-refractivity contribution is 0.749. The highest BCUT2D eigenvalue weighted by Gasteiger charge is 2.18. The van der Waals surface area contributed by atoms with Gasteiger partial charge < -0.3 is 0 Å². The highest BCUT2D eigenvalue weighted by Crippen LogP contribution is 2.37. The molecule has 7 aromatic rings. The summed E-state index contributed by atoms with van der Waals surface area (Å²) in [5.74, 6) is 1.25. The number of fused-ring (bicyclic) bond motifs is 6. The van der Waals surface area contributed by atoms with Crippen LogP contribution in [-0.4, -0.2) is 14.5 Å². The highest BCUT2D eigenvalue weighted by molar-refractivity contribution is 6.21. The van der Waals surface area contributed by atoms with E-state index in [9.17, 15) is 0 Å². The molecule has 2 aromatic heterocycles. The number of hydrogen-bond acceptors (Lipinski definition) is 2. The van der Waals surface area contributed by atoms with Crippen LogP contribution in [0.15, 0.2) is 127 Å². The van der Waals surface area contributed by atoms with Gasteiger partial charge in [-0.2, -0.15) is 0 Å². The molecule has 0 aliphatic heterocycles. The molecule has 3 nitrogen and oxygen atoms in total. The Balaban J connectivity index is 1.37. The van der Waals surface area contributed by atoms with E-state index in [0.717, 1.165) is 39.6 Å². The largest absolute Gasteiger partial charge is 0.278 e. The zero-order valence-corrected chi connectivity index (χ0v) is 22.3. The van der Waals surface area contributed by atoms with Crippen molar-refractivity contribution in [3.05, 3.63) is 133 Å². The van der Waals surface area contributed by atoms with Crippen molar-refractivity contribution in [2.75, 3.05) is 0 Å². The molecule has 2 heterocycles. The molecule has 0 bridgehead atoms.